The zero-order chi connectivity index (χ0) is 15.9. The molecule has 0 unspecified atom stereocenters. The SMILES string of the molecule is CCOCC1CCC(N2CCC(NC3CCCCC3)CC2)CC1. The van der Waals surface area contributed by atoms with Crippen LogP contribution in [0.1, 0.15) is 77.6 Å². The Kier molecular flexibility index (Phi) is 7.22. The molecule has 0 spiro atoms. The lowest BCUT2D eigenvalue weighted by atomic mass is 9.85. The van der Waals surface area contributed by atoms with E-state index in [0.717, 1.165) is 37.3 Å². The van der Waals surface area contributed by atoms with Crippen molar-refractivity contribution >= 4 is 0 Å². The van der Waals surface area contributed by atoms with Gasteiger partial charge in [-0.25, -0.2) is 0 Å². The Hall–Kier alpha value is -0.120. The Morgan fingerprint density at radius 2 is 1.48 bits per heavy atom. The molecule has 0 atom stereocenters. The summed E-state index contributed by atoms with van der Waals surface area (Å²) in [6, 6.07) is 2.49. The minimum absolute atomic E-state index is 0.795. The minimum Gasteiger partial charge on any atom is -0.381 e. The van der Waals surface area contributed by atoms with Crippen molar-refractivity contribution in [1.82, 2.24) is 10.2 Å². The van der Waals surface area contributed by atoms with Crippen molar-refractivity contribution in [1.29, 1.82) is 0 Å². The number of piperidine rings is 1. The van der Waals surface area contributed by atoms with Crippen molar-refractivity contribution in [3.8, 4) is 0 Å². The molecule has 1 N–H and O–H groups in total. The van der Waals surface area contributed by atoms with Crippen molar-refractivity contribution in [2.45, 2.75) is 95.7 Å². The molecule has 1 aliphatic heterocycles. The van der Waals surface area contributed by atoms with Gasteiger partial charge in [-0.05, 0) is 77.3 Å². The van der Waals surface area contributed by atoms with E-state index in [0.29, 0.717) is 0 Å². The highest BCUT2D eigenvalue weighted by molar-refractivity contribution is 4.86. The second kappa shape index (κ2) is 9.39. The van der Waals surface area contributed by atoms with Crippen LogP contribution in [0.5, 0.6) is 0 Å². The van der Waals surface area contributed by atoms with Crippen molar-refractivity contribution in [3.05, 3.63) is 0 Å². The van der Waals surface area contributed by atoms with E-state index in [9.17, 15) is 0 Å². The lowest BCUT2D eigenvalue weighted by Gasteiger charge is -2.42. The molecule has 0 aromatic carbocycles. The Morgan fingerprint density at radius 1 is 0.826 bits per heavy atom. The van der Waals surface area contributed by atoms with Crippen LogP contribution in [-0.2, 0) is 4.74 Å². The van der Waals surface area contributed by atoms with Crippen LogP contribution < -0.4 is 5.32 Å². The topological polar surface area (TPSA) is 24.5 Å². The van der Waals surface area contributed by atoms with Gasteiger partial charge in [0.15, 0.2) is 0 Å². The number of hydrogen-bond donors (Lipinski definition) is 1. The van der Waals surface area contributed by atoms with Crippen LogP contribution in [0.4, 0.5) is 0 Å². The summed E-state index contributed by atoms with van der Waals surface area (Å²) in [4.78, 5) is 2.80. The van der Waals surface area contributed by atoms with Gasteiger partial charge >= 0.3 is 0 Å². The fourth-order valence-electron chi connectivity index (χ4n) is 5.00. The second-order valence-corrected chi connectivity index (χ2v) is 8.15. The van der Waals surface area contributed by atoms with Crippen LogP contribution in [0.15, 0.2) is 0 Å². The molecule has 1 heterocycles. The number of rotatable bonds is 6. The van der Waals surface area contributed by atoms with Gasteiger partial charge in [-0.15, -0.1) is 0 Å². The number of hydrogen-bond acceptors (Lipinski definition) is 3. The first-order valence-electron chi connectivity index (χ1n) is 10.4. The van der Waals surface area contributed by atoms with Gasteiger partial charge in [-0.2, -0.15) is 0 Å². The van der Waals surface area contributed by atoms with Gasteiger partial charge in [0.1, 0.15) is 0 Å². The summed E-state index contributed by atoms with van der Waals surface area (Å²) in [6.07, 6.45) is 15.5. The van der Waals surface area contributed by atoms with Crippen LogP contribution >= 0.6 is 0 Å². The van der Waals surface area contributed by atoms with E-state index in [1.165, 1.54) is 83.7 Å². The summed E-state index contributed by atoms with van der Waals surface area (Å²) in [7, 11) is 0. The van der Waals surface area contributed by atoms with E-state index < -0.39 is 0 Å². The van der Waals surface area contributed by atoms with Gasteiger partial charge in [0.2, 0.25) is 0 Å². The van der Waals surface area contributed by atoms with Gasteiger partial charge in [0, 0.05) is 31.3 Å². The molecule has 0 bridgehead atoms. The Bertz CT molecular complexity index is 314. The maximum Gasteiger partial charge on any atom is 0.0494 e. The highest BCUT2D eigenvalue weighted by atomic mass is 16.5. The zero-order valence-electron chi connectivity index (χ0n) is 15.3. The van der Waals surface area contributed by atoms with Crippen molar-refractivity contribution in [2.75, 3.05) is 26.3 Å². The third-order valence-electron chi connectivity index (χ3n) is 6.50. The Morgan fingerprint density at radius 3 is 2.13 bits per heavy atom. The van der Waals surface area contributed by atoms with Gasteiger partial charge in [-0.3, -0.25) is 0 Å². The van der Waals surface area contributed by atoms with Crippen LogP contribution in [0, 0.1) is 5.92 Å². The molecule has 3 rings (SSSR count). The smallest absolute Gasteiger partial charge is 0.0494 e. The largest absolute Gasteiger partial charge is 0.381 e. The van der Waals surface area contributed by atoms with E-state index in [1.54, 1.807) is 0 Å². The first kappa shape index (κ1) is 17.7. The minimum atomic E-state index is 0.795. The predicted octanol–water partition coefficient (Wildman–Crippen LogP) is 3.97. The van der Waals surface area contributed by atoms with E-state index in [-0.39, 0.29) is 0 Å². The number of likely N-dealkylation sites (tertiary alicyclic amines) is 1. The molecular weight excluding hydrogens is 284 g/mol. The number of nitrogens with one attached hydrogen (secondary N) is 1. The predicted molar refractivity (Wildman–Crippen MR) is 96.8 cm³/mol. The molecule has 1 saturated heterocycles. The molecule has 3 aliphatic rings. The normalized spacial score (nSPS) is 32.2. The first-order valence-corrected chi connectivity index (χ1v) is 10.4. The summed E-state index contributed by atoms with van der Waals surface area (Å²) in [6.45, 7) is 6.63. The lowest BCUT2D eigenvalue weighted by molar-refractivity contribution is 0.0591. The van der Waals surface area contributed by atoms with Gasteiger partial charge in [0.25, 0.3) is 0 Å². The molecule has 0 amide bonds. The van der Waals surface area contributed by atoms with E-state index >= 15 is 0 Å². The number of nitrogens with zero attached hydrogens (tertiary/aromatic N) is 1. The zero-order valence-corrected chi connectivity index (χ0v) is 15.3. The Balaban J connectivity index is 1.33. The molecular formula is C20H38N2O. The maximum atomic E-state index is 5.62. The average Bonchev–Trinajstić information content (AvgIpc) is 2.62. The van der Waals surface area contributed by atoms with Crippen LogP contribution in [-0.4, -0.2) is 49.3 Å². The molecule has 0 aromatic heterocycles. The summed E-state index contributed by atoms with van der Waals surface area (Å²) in [5.74, 6) is 0.830. The summed E-state index contributed by atoms with van der Waals surface area (Å²) in [5, 5.41) is 3.97. The standard InChI is InChI=1S/C20H38N2O/c1-2-23-16-17-8-10-20(11-9-17)22-14-12-19(13-15-22)21-18-6-4-3-5-7-18/h17-21H,2-16H2,1H3. The van der Waals surface area contributed by atoms with Crippen molar-refractivity contribution in [2.24, 2.45) is 5.92 Å². The third-order valence-corrected chi connectivity index (χ3v) is 6.50. The molecule has 134 valence electrons. The van der Waals surface area contributed by atoms with Gasteiger partial charge in [-0.1, -0.05) is 19.3 Å². The fourth-order valence-corrected chi connectivity index (χ4v) is 5.00. The number of ether oxygens (including phenoxy) is 1. The molecule has 2 aliphatic carbocycles. The van der Waals surface area contributed by atoms with Crippen LogP contribution in [0.25, 0.3) is 0 Å². The van der Waals surface area contributed by atoms with Crippen molar-refractivity contribution in [3.63, 3.8) is 0 Å². The summed E-state index contributed by atoms with van der Waals surface area (Å²) < 4.78 is 5.62. The third kappa shape index (κ3) is 5.44. The van der Waals surface area contributed by atoms with E-state index in [1.807, 2.05) is 0 Å². The monoisotopic (exact) mass is 322 g/mol. The molecule has 3 fully saturated rings. The fraction of sp³-hybridized carbons (Fsp3) is 1.00. The lowest BCUT2D eigenvalue weighted by Crippen LogP contribution is -2.50. The van der Waals surface area contributed by atoms with Crippen LogP contribution in [0.3, 0.4) is 0 Å². The molecule has 3 heteroatoms. The molecule has 23 heavy (non-hydrogen) atoms. The highest BCUT2D eigenvalue weighted by Crippen LogP contribution is 2.30. The van der Waals surface area contributed by atoms with Crippen molar-refractivity contribution < 1.29 is 4.74 Å². The molecule has 0 aromatic rings. The maximum absolute atomic E-state index is 5.62. The molecule has 3 nitrogen and oxygen atoms in total. The molecule has 0 radical (unpaired) electrons. The summed E-state index contributed by atoms with van der Waals surface area (Å²) >= 11 is 0. The first-order chi connectivity index (χ1) is 11.3. The van der Waals surface area contributed by atoms with Crippen LogP contribution in [0.2, 0.25) is 0 Å². The molecule has 2 saturated carbocycles. The summed E-state index contributed by atoms with van der Waals surface area (Å²) in [5.41, 5.74) is 0. The second-order valence-electron chi connectivity index (χ2n) is 8.15. The van der Waals surface area contributed by atoms with E-state index in [4.69, 9.17) is 4.74 Å². The van der Waals surface area contributed by atoms with E-state index in [2.05, 4.69) is 17.1 Å². The average molecular weight is 323 g/mol. The quantitative estimate of drug-likeness (QED) is 0.801. The van der Waals surface area contributed by atoms with Gasteiger partial charge < -0.3 is 15.0 Å². The van der Waals surface area contributed by atoms with Gasteiger partial charge in [0.05, 0.1) is 0 Å². The highest BCUT2D eigenvalue weighted by Gasteiger charge is 2.29. The Labute approximate surface area is 143 Å².